The second-order valence-corrected chi connectivity index (χ2v) is 3.51. The van der Waals surface area contributed by atoms with Crippen molar-refractivity contribution in [2.45, 2.75) is 45.1 Å². The molecule has 1 nitrogen and oxygen atoms in total. The van der Waals surface area contributed by atoms with Gasteiger partial charge in [-0.3, -0.25) is 0 Å². The maximum absolute atomic E-state index is 9.50. The normalized spacial score (nSPS) is 43.7. The van der Waals surface area contributed by atoms with Crippen LogP contribution in [0.1, 0.15) is 39.5 Å². The van der Waals surface area contributed by atoms with E-state index in [-0.39, 0.29) is 5.60 Å². The zero-order valence-electron chi connectivity index (χ0n) is 6.35. The smallest absolute Gasteiger partial charge is 0.0622 e. The molecule has 0 spiro atoms. The van der Waals surface area contributed by atoms with Crippen LogP contribution in [0.4, 0.5) is 0 Å². The van der Waals surface area contributed by atoms with Gasteiger partial charge >= 0.3 is 0 Å². The maximum atomic E-state index is 9.50. The Kier molecular flexibility index (Phi) is 1.80. The van der Waals surface area contributed by atoms with Crippen molar-refractivity contribution in [1.29, 1.82) is 0 Å². The van der Waals surface area contributed by atoms with Gasteiger partial charge in [0.2, 0.25) is 0 Å². The Hall–Kier alpha value is -0.0400. The molecular weight excluding hydrogens is 112 g/mol. The average molecular weight is 128 g/mol. The zero-order valence-corrected chi connectivity index (χ0v) is 6.35. The van der Waals surface area contributed by atoms with E-state index in [1.807, 2.05) is 6.92 Å². The van der Waals surface area contributed by atoms with Crippen molar-refractivity contribution in [2.75, 3.05) is 0 Å². The van der Waals surface area contributed by atoms with Crippen molar-refractivity contribution in [3.8, 4) is 0 Å². The van der Waals surface area contributed by atoms with Crippen LogP contribution < -0.4 is 0 Å². The summed E-state index contributed by atoms with van der Waals surface area (Å²) >= 11 is 0. The molecule has 0 unspecified atom stereocenters. The Balaban J connectivity index is 2.38. The largest absolute Gasteiger partial charge is 0.390 e. The van der Waals surface area contributed by atoms with Gasteiger partial charge in [0.1, 0.15) is 0 Å². The number of hydrogen-bond donors (Lipinski definition) is 1. The van der Waals surface area contributed by atoms with E-state index in [1.54, 1.807) is 0 Å². The predicted molar refractivity (Wildman–Crippen MR) is 38.3 cm³/mol. The van der Waals surface area contributed by atoms with Gasteiger partial charge in [-0.25, -0.2) is 0 Å². The molecule has 0 aromatic rings. The average Bonchev–Trinajstić information content (AvgIpc) is 2.10. The van der Waals surface area contributed by atoms with Crippen LogP contribution in [0.5, 0.6) is 0 Å². The van der Waals surface area contributed by atoms with Crippen molar-refractivity contribution < 1.29 is 5.11 Å². The summed E-state index contributed by atoms with van der Waals surface area (Å²) in [6, 6.07) is 0. The predicted octanol–water partition coefficient (Wildman–Crippen LogP) is 1.95. The van der Waals surface area contributed by atoms with E-state index in [0.717, 1.165) is 18.8 Å². The summed E-state index contributed by atoms with van der Waals surface area (Å²) in [6.07, 6.45) is 4.48. The minimum Gasteiger partial charge on any atom is -0.390 e. The van der Waals surface area contributed by atoms with E-state index < -0.39 is 0 Å². The van der Waals surface area contributed by atoms with Crippen molar-refractivity contribution in [2.24, 2.45) is 5.92 Å². The first-order chi connectivity index (χ1) is 4.14. The lowest BCUT2D eigenvalue weighted by molar-refractivity contribution is 0.0634. The standard InChI is InChI=1S/C8H16O/c1-3-7-4-5-8(2,9)6-7/h7,9H,3-6H2,1-2H3/t7-,8+/m1/s1. The highest BCUT2D eigenvalue weighted by molar-refractivity contribution is 4.84. The van der Waals surface area contributed by atoms with Gasteiger partial charge in [0.05, 0.1) is 5.60 Å². The first-order valence-corrected chi connectivity index (χ1v) is 3.86. The molecule has 0 heterocycles. The fraction of sp³-hybridized carbons (Fsp3) is 1.00. The second kappa shape index (κ2) is 2.30. The molecule has 1 N–H and O–H groups in total. The highest BCUT2D eigenvalue weighted by Crippen LogP contribution is 2.35. The maximum Gasteiger partial charge on any atom is 0.0622 e. The Morgan fingerprint density at radius 3 is 2.56 bits per heavy atom. The summed E-state index contributed by atoms with van der Waals surface area (Å²) in [7, 11) is 0. The van der Waals surface area contributed by atoms with Gasteiger partial charge in [-0.1, -0.05) is 13.3 Å². The van der Waals surface area contributed by atoms with Crippen molar-refractivity contribution in [3.05, 3.63) is 0 Å². The summed E-state index contributed by atoms with van der Waals surface area (Å²) in [6.45, 7) is 4.15. The van der Waals surface area contributed by atoms with Crippen LogP contribution in [0.25, 0.3) is 0 Å². The monoisotopic (exact) mass is 128 g/mol. The lowest BCUT2D eigenvalue weighted by Crippen LogP contribution is -2.18. The zero-order chi connectivity index (χ0) is 6.91. The highest BCUT2D eigenvalue weighted by Gasteiger charge is 2.31. The second-order valence-electron chi connectivity index (χ2n) is 3.51. The molecule has 0 radical (unpaired) electrons. The van der Waals surface area contributed by atoms with Gasteiger partial charge in [-0.2, -0.15) is 0 Å². The van der Waals surface area contributed by atoms with Gasteiger partial charge in [0.15, 0.2) is 0 Å². The van der Waals surface area contributed by atoms with E-state index in [9.17, 15) is 5.11 Å². The molecule has 0 aliphatic heterocycles. The van der Waals surface area contributed by atoms with Crippen molar-refractivity contribution >= 4 is 0 Å². The van der Waals surface area contributed by atoms with Gasteiger partial charge in [0, 0.05) is 0 Å². The molecule has 2 atom stereocenters. The summed E-state index contributed by atoms with van der Waals surface area (Å²) in [5.41, 5.74) is -0.333. The molecule has 0 amide bonds. The molecule has 0 bridgehead atoms. The van der Waals surface area contributed by atoms with Gasteiger partial charge in [0.25, 0.3) is 0 Å². The Labute approximate surface area is 57.1 Å². The third-order valence-corrected chi connectivity index (χ3v) is 2.40. The van der Waals surface area contributed by atoms with Crippen molar-refractivity contribution in [3.63, 3.8) is 0 Å². The molecule has 1 saturated carbocycles. The highest BCUT2D eigenvalue weighted by atomic mass is 16.3. The number of aliphatic hydroxyl groups is 1. The molecule has 0 aromatic carbocycles. The number of rotatable bonds is 1. The quantitative estimate of drug-likeness (QED) is 0.572. The summed E-state index contributed by atoms with van der Waals surface area (Å²) in [5, 5.41) is 9.50. The summed E-state index contributed by atoms with van der Waals surface area (Å²) < 4.78 is 0. The molecule has 9 heavy (non-hydrogen) atoms. The SMILES string of the molecule is CC[C@@H]1CC[C@](C)(O)C1. The third kappa shape index (κ3) is 1.68. The van der Waals surface area contributed by atoms with Crippen molar-refractivity contribution in [1.82, 2.24) is 0 Å². The fourth-order valence-electron chi connectivity index (χ4n) is 1.69. The van der Waals surface area contributed by atoms with Crippen LogP contribution in [0, 0.1) is 5.92 Å². The van der Waals surface area contributed by atoms with E-state index in [4.69, 9.17) is 0 Å². The Bertz CT molecular complexity index is 96.7. The molecule has 1 fully saturated rings. The van der Waals surface area contributed by atoms with E-state index in [2.05, 4.69) is 6.92 Å². The lowest BCUT2D eigenvalue weighted by atomic mass is 10.0. The van der Waals surface area contributed by atoms with Gasteiger partial charge in [-0.05, 0) is 32.1 Å². The fourth-order valence-corrected chi connectivity index (χ4v) is 1.69. The number of hydrogen-bond acceptors (Lipinski definition) is 1. The molecule has 1 aliphatic carbocycles. The lowest BCUT2D eigenvalue weighted by Gasteiger charge is -2.14. The molecule has 0 saturated heterocycles. The van der Waals surface area contributed by atoms with Gasteiger partial charge in [-0.15, -0.1) is 0 Å². The molecule has 1 aliphatic rings. The topological polar surface area (TPSA) is 20.2 Å². The molecular formula is C8H16O. The van der Waals surface area contributed by atoms with Gasteiger partial charge < -0.3 is 5.11 Å². The van der Waals surface area contributed by atoms with Crippen LogP contribution in [0.15, 0.2) is 0 Å². The third-order valence-electron chi connectivity index (χ3n) is 2.40. The van der Waals surface area contributed by atoms with E-state index in [0.29, 0.717) is 0 Å². The minimum atomic E-state index is -0.333. The molecule has 1 rings (SSSR count). The van der Waals surface area contributed by atoms with E-state index >= 15 is 0 Å². The Morgan fingerprint density at radius 2 is 2.33 bits per heavy atom. The van der Waals surface area contributed by atoms with Crippen LogP contribution in [-0.2, 0) is 0 Å². The van der Waals surface area contributed by atoms with Crippen LogP contribution in [0.2, 0.25) is 0 Å². The first-order valence-electron chi connectivity index (χ1n) is 3.86. The molecule has 54 valence electrons. The van der Waals surface area contributed by atoms with E-state index in [1.165, 1.54) is 12.8 Å². The first kappa shape index (κ1) is 7.07. The minimum absolute atomic E-state index is 0.333. The molecule has 0 aromatic heterocycles. The molecule has 1 heteroatoms. The Morgan fingerprint density at radius 1 is 1.67 bits per heavy atom. The van der Waals surface area contributed by atoms with Crippen LogP contribution in [0.3, 0.4) is 0 Å². The van der Waals surface area contributed by atoms with Crippen LogP contribution in [-0.4, -0.2) is 10.7 Å². The summed E-state index contributed by atoms with van der Waals surface area (Å²) in [4.78, 5) is 0. The van der Waals surface area contributed by atoms with Crippen LogP contribution >= 0.6 is 0 Å². The summed E-state index contributed by atoms with van der Waals surface area (Å²) in [5.74, 6) is 0.792.